The van der Waals surface area contributed by atoms with Crippen LogP contribution in [0.25, 0.3) is 17.1 Å². The monoisotopic (exact) mass is 289 g/mol. The van der Waals surface area contributed by atoms with Crippen LogP contribution < -0.4 is 5.43 Å². The molecule has 0 saturated carbocycles. The summed E-state index contributed by atoms with van der Waals surface area (Å²) in [5.74, 6) is -0.225. The van der Waals surface area contributed by atoms with E-state index in [1.165, 1.54) is 0 Å². The summed E-state index contributed by atoms with van der Waals surface area (Å²) in [6, 6.07) is 7.51. The summed E-state index contributed by atoms with van der Waals surface area (Å²) in [4.78, 5) is 23.5. The lowest BCUT2D eigenvalue weighted by Crippen LogP contribution is -2.13. The molecule has 4 heterocycles. The maximum Gasteiger partial charge on any atom is 0.273 e. The molecule has 0 spiro atoms. The van der Waals surface area contributed by atoms with E-state index in [0.717, 1.165) is 22.2 Å². The average Bonchev–Trinajstić information content (AvgIpc) is 3.14. The number of rotatable bonds is 2. The molecular weight excluding hydrogens is 278 g/mol. The molecule has 1 aliphatic rings. The Morgan fingerprint density at radius 2 is 2.05 bits per heavy atom. The normalized spacial score (nSPS) is 16.1. The maximum absolute atomic E-state index is 12.1. The minimum absolute atomic E-state index is 0.225. The molecule has 22 heavy (non-hydrogen) atoms. The summed E-state index contributed by atoms with van der Waals surface area (Å²) in [6.45, 7) is 0. The molecule has 0 radical (unpaired) electrons. The van der Waals surface area contributed by atoms with E-state index in [1.54, 1.807) is 18.6 Å². The van der Waals surface area contributed by atoms with Crippen LogP contribution in [-0.2, 0) is 4.79 Å². The van der Waals surface area contributed by atoms with E-state index in [1.807, 2.05) is 36.5 Å². The average molecular weight is 289 g/mol. The van der Waals surface area contributed by atoms with Crippen molar-refractivity contribution in [3.63, 3.8) is 0 Å². The molecule has 0 aromatic carbocycles. The Kier molecular flexibility index (Phi) is 2.79. The number of carbonyl (C=O) groups is 1. The number of hydrogen-bond donors (Lipinski definition) is 2. The molecule has 1 amide bonds. The molecule has 3 aromatic rings. The second kappa shape index (κ2) is 4.92. The molecule has 6 heteroatoms. The third-order valence-corrected chi connectivity index (χ3v) is 3.49. The number of aromatic nitrogens is 3. The number of aromatic amines is 1. The number of pyridine rings is 2. The van der Waals surface area contributed by atoms with Gasteiger partial charge in [-0.1, -0.05) is 0 Å². The molecule has 0 fully saturated rings. The van der Waals surface area contributed by atoms with Gasteiger partial charge in [0.05, 0.1) is 5.57 Å². The van der Waals surface area contributed by atoms with Gasteiger partial charge in [-0.3, -0.25) is 9.78 Å². The van der Waals surface area contributed by atoms with E-state index >= 15 is 0 Å². The van der Waals surface area contributed by atoms with Gasteiger partial charge in [0.2, 0.25) is 0 Å². The van der Waals surface area contributed by atoms with Gasteiger partial charge >= 0.3 is 0 Å². The zero-order chi connectivity index (χ0) is 14.9. The predicted molar refractivity (Wildman–Crippen MR) is 83.0 cm³/mol. The molecule has 2 N–H and O–H groups in total. The van der Waals surface area contributed by atoms with Crippen LogP contribution in [0.2, 0.25) is 0 Å². The number of hydrazone groups is 1. The Hall–Kier alpha value is -3.28. The first-order valence-corrected chi connectivity index (χ1v) is 6.75. The Labute approximate surface area is 125 Å². The van der Waals surface area contributed by atoms with Crippen molar-refractivity contribution in [3.8, 4) is 0 Å². The molecule has 0 unspecified atom stereocenters. The Morgan fingerprint density at radius 1 is 1.14 bits per heavy atom. The number of nitrogens with one attached hydrogen (secondary N) is 2. The molecule has 4 rings (SSSR count). The third kappa shape index (κ3) is 1.98. The van der Waals surface area contributed by atoms with Crippen molar-refractivity contribution in [1.29, 1.82) is 0 Å². The Morgan fingerprint density at radius 3 is 2.91 bits per heavy atom. The van der Waals surface area contributed by atoms with Crippen molar-refractivity contribution in [2.45, 2.75) is 0 Å². The van der Waals surface area contributed by atoms with Gasteiger partial charge in [-0.25, -0.2) is 10.4 Å². The summed E-state index contributed by atoms with van der Waals surface area (Å²) in [7, 11) is 0. The standard InChI is InChI=1S/C16H11N5O/c22-16-13(14(20-21-16)10-3-1-5-17-8-10)7-11-9-19-15-12(11)4-2-6-18-15/h1-9H,(H,18,19)(H,21,22)/b13-7-. The highest BCUT2D eigenvalue weighted by Crippen LogP contribution is 2.22. The van der Waals surface area contributed by atoms with Crippen LogP contribution in [0.15, 0.2) is 59.7 Å². The minimum Gasteiger partial charge on any atom is -0.346 e. The van der Waals surface area contributed by atoms with Gasteiger partial charge in [0.25, 0.3) is 5.91 Å². The second-order valence-electron chi connectivity index (χ2n) is 4.84. The van der Waals surface area contributed by atoms with Gasteiger partial charge < -0.3 is 4.98 Å². The zero-order valence-corrected chi connectivity index (χ0v) is 11.4. The summed E-state index contributed by atoms with van der Waals surface area (Å²) in [5.41, 5.74) is 6.09. The minimum atomic E-state index is -0.225. The fourth-order valence-electron chi connectivity index (χ4n) is 2.44. The fourth-order valence-corrected chi connectivity index (χ4v) is 2.44. The highest BCUT2D eigenvalue weighted by atomic mass is 16.2. The Balaban J connectivity index is 1.83. The first kappa shape index (κ1) is 12.5. The van der Waals surface area contributed by atoms with Crippen LogP contribution in [0, 0.1) is 0 Å². The topological polar surface area (TPSA) is 83.0 Å². The van der Waals surface area contributed by atoms with Gasteiger partial charge in [0, 0.05) is 41.3 Å². The number of nitrogens with zero attached hydrogens (tertiary/aromatic N) is 3. The summed E-state index contributed by atoms with van der Waals surface area (Å²) >= 11 is 0. The summed E-state index contributed by atoms with van der Waals surface area (Å²) in [6.07, 6.45) is 8.74. The number of fused-ring (bicyclic) bond motifs is 1. The van der Waals surface area contributed by atoms with Crippen molar-refractivity contribution in [2.24, 2.45) is 5.10 Å². The number of H-pyrrole nitrogens is 1. The Bertz CT molecular complexity index is 924. The first-order valence-electron chi connectivity index (χ1n) is 6.75. The number of amides is 1. The van der Waals surface area contributed by atoms with Crippen molar-refractivity contribution < 1.29 is 4.79 Å². The highest BCUT2D eigenvalue weighted by Gasteiger charge is 2.24. The number of hydrogen-bond acceptors (Lipinski definition) is 4. The molecule has 0 saturated heterocycles. The first-order chi connectivity index (χ1) is 10.8. The van der Waals surface area contributed by atoms with Crippen molar-refractivity contribution in [1.82, 2.24) is 20.4 Å². The van der Waals surface area contributed by atoms with E-state index < -0.39 is 0 Å². The van der Waals surface area contributed by atoms with Gasteiger partial charge in [0.1, 0.15) is 11.4 Å². The molecule has 3 aromatic heterocycles. The lowest BCUT2D eigenvalue weighted by Gasteiger charge is -2.00. The molecular formula is C16H11N5O. The van der Waals surface area contributed by atoms with Crippen LogP contribution >= 0.6 is 0 Å². The molecule has 0 atom stereocenters. The van der Waals surface area contributed by atoms with Crippen molar-refractivity contribution in [2.75, 3.05) is 0 Å². The van der Waals surface area contributed by atoms with Crippen molar-refractivity contribution >= 4 is 28.7 Å². The zero-order valence-electron chi connectivity index (χ0n) is 11.4. The second-order valence-corrected chi connectivity index (χ2v) is 4.84. The van der Waals surface area contributed by atoms with Gasteiger partial charge in [0.15, 0.2) is 0 Å². The van der Waals surface area contributed by atoms with Crippen LogP contribution in [0.3, 0.4) is 0 Å². The van der Waals surface area contributed by atoms with Gasteiger partial charge in [-0.05, 0) is 30.3 Å². The highest BCUT2D eigenvalue weighted by molar-refractivity contribution is 6.33. The molecule has 0 bridgehead atoms. The molecule has 1 aliphatic heterocycles. The van der Waals surface area contributed by atoms with Gasteiger partial charge in [-0.2, -0.15) is 5.10 Å². The fraction of sp³-hybridized carbons (Fsp3) is 0. The van der Waals surface area contributed by atoms with Crippen LogP contribution in [0.1, 0.15) is 11.1 Å². The van der Waals surface area contributed by atoms with E-state index in [2.05, 4.69) is 25.5 Å². The lowest BCUT2D eigenvalue weighted by molar-refractivity contribution is -0.116. The van der Waals surface area contributed by atoms with E-state index in [-0.39, 0.29) is 5.91 Å². The smallest absolute Gasteiger partial charge is 0.273 e. The summed E-state index contributed by atoms with van der Waals surface area (Å²) in [5, 5.41) is 5.07. The predicted octanol–water partition coefficient (Wildman–Crippen LogP) is 1.88. The molecule has 0 aliphatic carbocycles. The van der Waals surface area contributed by atoms with E-state index in [9.17, 15) is 4.79 Å². The van der Waals surface area contributed by atoms with Crippen LogP contribution in [-0.4, -0.2) is 26.6 Å². The van der Waals surface area contributed by atoms with E-state index in [0.29, 0.717) is 11.3 Å². The quantitative estimate of drug-likeness (QED) is 0.706. The molecule has 106 valence electrons. The third-order valence-electron chi connectivity index (χ3n) is 3.49. The SMILES string of the molecule is O=C1NN=C(c2cccnc2)/C1=C/c1c[nH]c2ncccc12. The lowest BCUT2D eigenvalue weighted by atomic mass is 10.0. The number of carbonyl (C=O) groups excluding carboxylic acids is 1. The largest absolute Gasteiger partial charge is 0.346 e. The molecule has 6 nitrogen and oxygen atoms in total. The van der Waals surface area contributed by atoms with Crippen molar-refractivity contribution in [3.05, 3.63) is 65.8 Å². The summed E-state index contributed by atoms with van der Waals surface area (Å²) < 4.78 is 0. The van der Waals surface area contributed by atoms with Crippen LogP contribution in [0.4, 0.5) is 0 Å². The maximum atomic E-state index is 12.1. The van der Waals surface area contributed by atoms with E-state index in [4.69, 9.17) is 0 Å². The van der Waals surface area contributed by atoms with Crippen LogP contribution in [0.5, 0.6) is 0 Å². The van der Waals surface area contributed by atoms with Gasteiger partial charge in [-0.15, -0.1) is 0 Å².